The second kappa shape index (κ2) is 7.81. The topological polar surface area (TPSA) is 93.5 Å². The first-order valence-corrected chi connectivity index (χ1v) is 10.4. The molecular weight excluding hydrogens is 328 g/mol. The fourth-order valence-corrected chi connectivity index (χ4v) is 4.56. The predicted molar refractivity (Wildman–Crippen MR) is 91.6 cm³/mol. The molecule has 24 heavy (non-hydrogen) atoms. The Kier molecular flexibility index (Phi) is 6.23. The van der Waals surface area contributed by atoms with Crippen molar-refractivity contribution in [1.29, 1.82) is 5.26 Å². The van der Waals surface area contributed by atoms with Gasteiger partial charge >= 0.3 is 0 Å². The molecule has 0 bridgehead atoms. The number of carbonyl (C=O) groups is 1. The normalized spacial score (nSPS) is 24.0. The van der Waals surface area contributed by atoms with Gasteiger partial charge in [0.2, 0.25) is 15.9 Å². The van der Waals surface area contributed by atoms with Gasteiger partial charge in [-0.15, -0.1) is 0 Å². The number of carbonyl (C=O) groups excluding carboxylic acids is 1. The maximum absolute atomic E-state index is 12.6. The minimum atomic E-state index is -3.16. The van der Waals surface area contributed by atoms with Crippen LogP contribution in [0.4, 0.5) is 0 Å². The summed E-state index contributed by atoms with van der Waals surface area (Å²) in [6, 6.07) is 1.94. The van der Waals surface area contributed by atoms with E-state index in [1.807, 2.05) is 11.8 Å². The van der Waals surface area contributed by atoms with Crippen molar-refractivity contribution < 1.29 is 13.2 Å². The van der Waals surface area contributed by atoms with E-state index in [0.29, 0.717) is 39.0 Å². The van der Waals surface area contributed by atoms with Crippen LogP contribution in [-0.4, -0.2) is 67.0 Å². The first-order valence-electron chi connectivity index (χ1n) is 8.79. The number of hydrogen-bond acceptors (Lipinski definition) is 5. The average Bonchev–Trinajstić information content (AvgIpc) is 2.62. The molecule has 1 aliphatic carbocycles. The van der Waals surface area contributed by atoms with Crippen LogP contribution in [0.3, 0.4) is 0 Å². The lowest BCUT2D eigenvalue weighted by Gasteiger charge is -2.38. The molecular formula is C16H28N4O3S. The van der Waals surface area contributed by atoms with Crippen LogP contribution in [0.1, 0.15) is 46.0 Å². The second-order valence-corrected chi connectivity index (χ2v) is 9.01. The van der Waals surface area contributed by atoms with E-state index in [1.165, 1.54) is 4.31 Å². The van der Waals surface area contributed by atoms with Crippen molar-refractivity contribution in [2.75, 3.05) is 31.9 Å². The maximum Gasteiger partial charge on any atom is 0.238 e. The third kappa shape index (κ3) is 4.26. The number of sulfonamides is 1. The van der Waals surface area contributed by atoms with Crippen molar-refractivity contribution in [3.05, 3.63) is 0 Å². The minimum Gasteiger partial charge on any atom is -0.336 e. The van der Waals surface area contributed by atoms with Gasteiger partial charge in [-0.1, -0.05) is 19.3 Å². The van der Waals surface area contributed by atoms with Crippen molar-refractivity contribution >= 4 is 15.9 Å². The van der Waals surface area contributed by atoms with E-state index in [2.05, 4.69) is 11.4 Å². The maximum atomic E-state index is 12.6. The average molecular weight is 356 g/mol. The van der Waals surface area contributed by atoms with Gasteiger partial charge in [0, 0.05) is 26.2 Å². The van der Waals surface area contributed by atoms with Gasteiger partial charge in [-0.3, -0.25) is 9.69 Å². The van der Waals surface area contributed by atoms with E-state index in [9.17, 15) is 18.5 Å². The smallest absolute Gasteiger partial charge is 0.238 e. The Hall–Kier alpha value is -1.17. The van der Waals surface area contributed by atoms with E-state index in [4.69, 9.17) is 0 Å². The molecule has 8 heteroatoms. The fourth-order valence-electron chi connectivity index (χ4n) is 3.48. The highest BCUT2D eigenvalue weighted by molar-refractivity contribution is 7.89. The Morgan fingerprint density at radius 2 is 1.79 bits per heavy atom. The molecule has 1 saturated carbocycles. The summed E-state index contributed by atoms with van der Waals surface area (Å²) in [7, 11) is -3.16. The second-order valence-electron chi connectivity index (χ2n) is 6.76. The standard InChI is InChI=1S/C16H28N4O3S/c1-3-24(22,23)20-11-9-19(10-12-20)14(2)15(21)18-16(13-17)7-5-4-6-8-16/h14H,3-12H2,1-2H3,(H,18,21). The quantitative estimate of drug-likeness (QED) is 0.782. The summed E-state index contributed by atoms with van der Waals surface area (Å²) in [6.45, 7) is 5.37. The summed E-state index contributed by atoms with van der Waals surface area (Å²) in [5.74, 6) is -0.0291. The molecule has 2 rings (SSSR count). The third-order valence-electron chi connectivity index (χ3n) is 5.24. The Balaban J connectivity index is 1.91. The zero-order valence-electron chi connectivity index (χ0n) is 14.6. The van der Waals surface area contributed by atoms with Gasteiger partial charge in [-0.05, 0) is 26.7 Å². The Labute approximate surface area is 145 Å². The molecule has 1 heterocycles. The molecule has 1 aliphatic heterocycles. The van der Waals surface area contributed by atoms with Crippen LogP contribution in [0, 0.1) is 11.3 Å². The van der Waals surface area contributed by atoms with Crippen LogP contribution >= 0.6 is 0 Å². The summed E-state index contributed by atoms with van der Waals surface area (Å²) in [5, 5.41) is 12.4. The number of amides is 1. The van der Waals surface area contributed by atoms with Gasteiger partial charge in [0.15, 0.2) is 0 Å². The summed E-state index contributed by atoms with van der Waals surface area (Å²) < 4.78 is 25.3. The summed E-state index contributed by atoms with van der Waals surface area (Å²) in [5.41, 5.74) is -0.725. The molecule has 1 atom stereocenters. The van der Waals surface area contributed by atoms with Crippen molar-refractivity contribution in [3.63, 3.8) is 0 Å². The SMILES string of the molecule is CCS(=O)(=O)N1CCN(C(C)C(=O)NC2(C#N)CCCCC2)CC1. The molecule has 0 aromatic heterocycles. The third-order valence-corrected chi connectivity index (χ3v) is 7.12. The van der Waals surface area contributed by atoms with E-state index in [-0.39, 0.29) is 17.7 Å². The molecule has 136 valence electrons. The van der Waals surface area contributed by atoms with Gasteiger partial charge in [0.1, 0.15) is 5.54 Å². The van der Waals surface area contributed by atoms with Crippen LogP contribution in [0.2, 0.25) is 0 Å². The van der Waals surface area contributed by atoms with Gasteiger partial charge in [-0.25, -0.2) is 8.42 Å². The van der Waals surface area contributed by atoms with Crippen LogP contribution in [0.25, 0.3) is 0 Å². The first-order chi connectivity index (χ1) is 11.3. The number of piperazine rings is 1. The predicted octanol–water partition coefficient (Wildman–Crippen LogP) is 0.685. The number of nitriles is 1. The Morgan fingerprint density at radius 1 is 1.21 bits per heavy atom. The number of rotatable bonds is 5. The van der Waals surface area contributed by atoms with Crippen molar-refractivity contribution in [2.45, 2.75) is 57.5 Å². The highest BCUT2D eigenvalue weighted by Crippen LogP contribution is 2.27. The van der Waals surface area contributed by atoms with Crippen molar-refractivity contribution in [3.8, 4) is 6.07 Å². The first kappa shape index (κ1) is 19.2. The lowest BCUT2D eigenvalue weighted by atomic mass is 9.82. The van der Waals surface area contributed by atoms with Gasteiger partial charge in [-0.2, -0.15) is 9.57 Å². The number of hydrogen-bond donors (Lipinski definition) is 1. The van der Waals surface area contributed by atoms with E-state index >= 15 is 0 Å². The van der Waals surface area contributed by atoms with Crippen molar-refractivity contribution in [1.82, 2.24) is 14.5 Å². The molecule has 0 aromatic rings. The number of nitrogens with one attached hydrogen (secondary N) is 1. The monoisotopic (exact) mass is 356 g/mol. The zero-order valence-corrected chi connectivity index (χ0v) is 15.4. The van der Waals surface area contributed by atoms with Crippen LogP contribution in [0.5, 0.6) is 0 Å². The Bertz CT molecular complexity index is 585. The van der Waals surface area contributed by atoms with Gasteiger partial charge in [0.05, 0.1) is 17.9 Å². The Morgan fingerprint density at radius 3 is 2.29 bits per heavy atom. The zero-order chi connectivity index (χ0) is 17.8. The largest absolute Gasteiger partial charge is 0.336 e. The molecule has 1 saturated heterocycles. The summed E-state index contributed by atoms with van der Waals surface area (Å²) >= 11 is 0. The fraction of sp³-hybridized carbons (Fsp3) is 0.875. The molecule has 1 amide bonds. The molecule has 2 fully saturated rings. The van der Waals surface area contributed by atoms with E-state index in [0.717, 1.165) is 19.3 Å². The molecule has 7 nitrogen and oxygen atoms in total. The van der Waals surface area contributed by atoms with Crippen molar-refractivity contribution in [2.24, 2.45) is 0 Å². The van der Waals surface area contributed by atoms with E-state index < -0.39 is 15.6 Å². The molecule has 0 aromatic carbocycles. The van der Waals surface area contributed by atoms with Gasteiger partial charge in [0.25, 0.3) is 0 Å². The van der Waals surface area contributed by atoms with Crippen LogP contribution in [-0.2, 0) is 14.8 Å². The highest BCUT2D eigenvalue weighted by atomic mass is 32.2. The minimum absolute atomic E-state index is 0.105. The van der Waals surface area contributed by atoms with Crippen LogP contribution < -0.4 is 5.32 Å². The summed E-state index contributed by atoms with van der Waals surface area (Å²) in [4.78, 5) is 14.6. The molecule has 1 N–H and O–H groups in total. The molecule has 2 aliphatic rings. The summed E-state index contributed by atoms with van der Waals surface area (Å²) in [6.07, 6.45) is 4.48. The molecule has 1 unspecified atom stereocenters. The molecule has 0 radical (unpaired) electrons. The number of nitrogens with zero attached hydrogens (tertiary/aromatic N) is 3. The van der Waals surface area contributed by atoms with Gasteiger partial charge < -0.3 is 5.32 Å². The lowest BCUT2D eigenvalue weighted by molar-refractivity contribution is -0.128. The highest BCUT2D eigenvalue weighted by Gasteiger charge is 2.36. The lowest BCUT2D eigenvalue weighted by Crippen LogP contribution is -2.58. The van der Waals surface area contributed by atoms with E-state index in [1.54, 1.807) is 6.92 Å². The van der Waals surface area contributed by atoms with Crippen LogP contribution in [0.15, 0.2) is 0 Å². The molecule has 0 spiro atoms.